The number of nitrogens with zero attached hydrogens (tertiary/aromatic N) is 4. The lowest BCUT2D eigenvalue weighted by Gasteiger charge is -2.27. The van der Waals surface area contributed by atoms with Crippen molar-refractivity contribution in [1.29, 1.82) is 0 Å². The Kier molecular flexibility index (Phi) is 10.7. The van der Waals surface area contributed by atoms with E-state index < -0.39 is 59.3 Å². The first kappa shape index (κ1) is 41.9. The zero-order valence-electron chi connectivity index (χ0n) is 32.2. The lowest BCUT2D eigenvalue weighted by Crippen LogP contribution is -2.49. The van der Waals surface area contributed by atoms with Crippen LogP contribution < -0.4 is 29.9 Å². The van der Waals surface area contributed by atoms with E-state index in [4.69, 9.17) is 18.9 Å². The molecule has 0 aliphatic carbocycles. The van der Waals surface area contributed by atoms with Gasteiger partial charge < -0.3 is 39.4 Å². The van der Waals surface area contributed by atoms with Crippen molar-refractivity contribution in [2.45, 2.75) is 62.7 Å². The number of benzene rings is 2. The van der Waals surface area contributed by atoms with Crippen molar-refractivity contribution in [2.24, 2.45) is 0 Å². The van der Waals surface area contributed by atoms with Crippen LogP contribution in [0.15, 0.2) is 73.1 Å². The SMILES string of the molecule is CN1C(=O)[C@@H](NC(=O)c2cc3c(cn2)CO[C@@]3(C)C(F)(F)F)COc2ccccc21.CN1C(=O)[C@@H](NC(=O)c2cc3c(cn2)CO[C@]3(C)C(F)(F)F)COc2ccccc21. The number of ether oxygens (including phenoxy) is 4. The number of carbonyl (C=O) groups is 4. The number of aromatic nitrogens is 2. The number of amides is 4. The third kappa shape index (κ3) is 7.44. The summed E-state index contributed by atoms with van der Waals surface area (Å²) >= 11 is 0. The van der Waals surface area contributed by atoms with Crippen molar-refractivity contribution in [1.82, 2.24) is 20.6 Å². The van der Waals surface area contributed by atoms with Crippen LogP contribution >= 0.6 is 0 Å². The smallest absolute Gasteiger partial charge is 0.421 e. The average molecular weight is 843 g/mol. The van der Waals surface area contributed by atoms with Gasteiger partial charge in [-0.15, -0.1) is 0 Å². The molecule has 2 N–H and O–H groups in total. The van der Waals surface area contributed by atoms with Crippen LogP contribution in [0.5, 0.6) is 11.5 Å². The molecule has 316 valence electrons. The zero-order valence-corrected chi connectivity index (χ0v) is 32.2. The first-order valence-corrected chi connectivity index (χ1v) is 18.2. The highest BCUT2D eigenvalue weighted by atomic mass is 19.4. The predicted molar refractivity (Wildman–Crippen MR) is 198 cm³/mol. The number of rotatable bonds is 4. The van der Waals surface area contributed by atoms with E-state index >= 15 is 0 Å². The highest BCUT2D eigenvalue weighted by Crippen LogP contribution is 2.49. The lowest BCUT2D eigenvalue weighted by molar-refractivity contribution is -0.272. The summed E-state index contributed by atoms with van der Waals surface area (Å²) in [7, 11) is 3.10. The Morgan fingerprint density at radius 1 is 0.667 bits per heavy atom. The average Bonchev–Trinajstić information content (AvgIpc) is 3.69. The number of halogens is 6. The number of hydrogen-bond acceptors (Lipinski definition) is 10. The molecule has 6 heterocycles. The third-order valence-electron chi connectivity index (χ3n) is 10.7. The standard InChI is InChI=1S/2C20H18F3N3O4/c2*1-19(20(21,22)23)12-7-13(24-8-11(12)9-30-19)17(27)25-14-10-29-16-6-4-3-5-15(16)26(2)18(14)28/h2*3-8,14H,9-10H2,1-2H3,(H,25,27)/t14-,19+;14-,19-/m00/s1. The number of pyridine rings is 2. The van der Waals surface area contributed by atoms with Crippen molar-refractivity contribution < 1.29 is 64.5 Å². The van der Waals surface area contributed by atoms with Gasteiger partial charge in [0.25, 0.3) is 23.6 Å². The number of alkyl halides is 6. The number of likely N-dealkylation sites (N-methyl/N-ethyl adjacent to an activating group) is 2. The number of hydrogen-bond donors (Lipinski definition) is 2. The van der Waals surface area contributed by atoms with Crippen LogP contribution in [0.1, 0.15) is 57.1 Å². The van der Waals surface area contributed by atoms with Crippen LogP contribution in [0.2, 0.25) is 0 Å². The number of nitrogens with one attached hydrogen (secondary N) is 2. The van der Waals surface area contributed by atoms with E-state index in [2.05, 4.69) is 20.6 Å². The van der Waals surface area contributed by atoms with Crippen molar-refractivity contribution in [3.63, 3.8) is 0 Å². The largest absolute Gasteiger partial charge is 0.489 e. The Hall–Kier alpha value is -6.28. The van der Waals surface area contributed by atoms with Gasteiger partial charge in [0.2, 0.25) is 0 Å². The summed E-state index contributed by atoms with van der Waals surface area (Å²) in [4.78, 5) is 61.5. The molecule has 4 amide bonds. The topological polar surface area (TPSA) is 162 Å². The van der Waals surface area contributed by atoms with Gasteiger partial charge in [-0.3, -0.25) is 29.1 Å². The predicted octanol–water partition coefficient (Wildman–Crippen LogP) is 5.09. The molecule has 14 nitrogen and oxygen atoms in total. The highest BCUT2D eigenvalue weighted by Gasteiger charge is 2.58. The third-order valence-corrected chi connectivity index (χ3v) is 10.7. The molecule has 0 radical (unpaired) electrons. The minimum absolute atomic E-state index is 0.125. The molecule has 4 atom stereocenters. The second-order valence-corrected chi connectivity index (χ2v) is 14.5. The minimum Gasteiger partial charge on any atom is -0.489 e. The van der Waals surface area contributed by atoms with Crippen LogP contribution in [0.3, 0.4) is 0 Å². The normalized spacial score (nSPS) is 23.3. The lowest BCUT2D eigenvalue weighted by atomic mass is 9.94. The molecular formula is C40H36F6N6O8. The minimum atomic E-state index is -4.66. The Morgan fingerprint density at radius 2 is 1.03 bits per heavy atom. The highest BCUT2D eigenvalue weighted by molar-refractivity contribution is 6.04. The first-order chi connectivity index (χ1) is 28.2. The van der Waals surface area contributed by atoms with Gasteiger partial charge >= 0.3 is 12.4 Å². The summed E-state index contributed by atoms with van der Waals surface area (Å²) in [5, 5.41) is 5.02. The molecule has 2 aromatic heterocycles. The summed E-state index contributed by atoms with van der Waals surface area (Å²) in [6.07, 6.45) is -6.94. The van der Waals surface area contributed by atoms with Gasteiger partial charge in [0.15, 0.2) is 11.2 Å². The Balaban J connectivity index is 0.000000181. The molecule has 4 aliphatic rings. The van der Waals surface area contributed by atoms with E-state index in [9.17, 15) is 45.5 Å². The number of carbonyl (C=O) groups excluding carboxylic acids is 4. The fourth-order valence-corrected chi connectivity index (χ4v) is 6.98. The van der Waals surface area contributed by atoms with Gasteiger partial charge in [-0.2, -0.15) is 26.3 Å². The molecule has 60 heavy (non-hydrogen) atoms. The molecule has 0 saturated carbocycles. The van der Waals surface area contributed by atoms with Crippen LogP contribution in [0, 0.1) is 0 Å². The Bertz CT molecular complexity index is 2220. The van der Waals surface area contributed by atoms with E-state index in [1.807, 2.05) is 0 Å². The Morgan fingerprint density at radius 3 is 1.40 bits per heavy atom. The van der Waals surface area contributed by atoms with Gasteiger partial charge in [-0.25, -0.2) is 0 Å². The van der Waals surface area contributed by atoms with Gasteiger partial charge in [0.1, 0.15) is 48.2 Å². The monoisotopic (exact) mass is 842 g/mol. The molecule has 0 unspecified atom stereocenters. The molecule has 4 aliphatic heterocycles. The number of anilines is 2. The number of fused-ring (bicyclic) bond motifs is 4. The summed E-state index contributed by atoms with van der Waals surface area (Å²) in [5.74, 6) is -1.43. The molecule has 0 saturated heterocycles. The fourth-order valence-electron chi connectivity index (χ4n) is 6.98. The van der Waals surface area contributed by atoms with E-state index in [0.29, 0.717) is 22.9 Å². The maximum absolute atomic E-state index is 13.5. The molecule has 20 heteroatoms. The van der Waals surface area contributed by atoms with Crippen molar-refractivity contribution in [3.05, 3.63) is 107 Å². The van der Waals surface area contributed by atoms with Crippen LogP contribution in [-0.4, -0.2) is 85.3 Å². The van der Waals surface area contributed by atoms with E-state index in [0.717, 1.165) is 26.0 Å². The second kappa shape index (κ2) is 15.4. The Labute approximate surface area is 337 Å². The second-order valence-electron chi connectivity index (χ2n) is 14.5. The summed E-state index contributed by atoms with van der Waals surface area (Å²) in [6.45, 7) is 1.07. The van der Waals surface area contributed by atoms with E-state index in [1.54, 1.807) is 62.6 Å². The number of para-hydroxylation sites is 4. The van der Waals surface area contributed by atoms with E-state index in [1.165, 1.54) is 22.2 Å². The van der Waals surface area contributed by atoms with Gasteiger partial charge in [-0.1, -0.05) is 24.3 Å². The van der Waals surface area contributed by atoms with Crippen molar-refractivity contribution in [3.8, 4) is 11.5 Å². The fraction of sp³-hybridized carbons (Fsp3) is 0.350. The molecule has 0 bridgehead atoms. The zero-order chi connectivity index (χ0) is 43.4. The van der Waals surface area contributed by atoms with Crippen LogP contribution in [0.4, 0.5) is 37.7 Å². The molecule has 0 spiro atoms. The maximum atomic E-state index is 13.5. The van der Waals surface area contributed by atoms with Gasteiger partial charge in [0, 0.05) is 48.7 Å². The summed E-state index contributed by atoms with van der Waals surface area (Å²) < 4.78 is 102. The summed E-state index contributed by atoms with van der Waals surface area (Å²) in [6, 6.07) is 13.9. The van der Waals surface area contributed by atoms with Crippen molar-refractivity contribution >= 4 is 35.0 Å². The van der Waals surface area contributed by atoms with Gasteiger partial charge in [0.05, 0.1) is 24.6 Å². The molecule has 0 fully saturated rings. The van der Waals surface area contributed by atoms with Gasteiger partial charge in [-0.05, 0) is 50.2 Å². The first-order valence-electron chi connectivity index (χ1n) is 18.2. The van der Waals surface area contributed by atoms with Crippen LogP contribution in [0.25, 0.3) is 0 Å². The molecular weight excluding hydrogens is 806 g/mol. The van der Waals surface area contributed by atoms with E-state index in [-0.39, 0.29) is 60.1 Å². The molecule has 4 aromatic rings. The maximum Gasteiger partial charge on any atom is 0.421 e. The molecule has 8 rings (SSSR count). The summed E-state index contributed by atoms with van der Waals surface area (Å²) in [5.41, 5.74) is -4.25. The molecule has 2 aromatic carbocycles. The van der Waals surface area contributed by atoms with Crippen LogP contribution in [-0.2, 0) is 43.5 Å². The quantitative estimate of drug-likeness (QED) is 0.265. The van der Waals surface area contributed by atoms with Crippen molar-refractivity contribution in [2.75, 3.05) is 37.1 Å².